The largest absolute Gasteiger partial charge is 0.493 e. The van der Waals surface area contributed by atoms with E-state index in [2.05, 4.69) is 34.7 Å². The summed E-state index contributed by atoms with van der Waals surface area (Å²) in [4.78, 5) is 36.9. The van der Waals surface area contributed by atoms with Gasteiger partial charge in [-0.1, -0.05) is 89.4 Å². The Bertz CT molecular complexity index is 1110. The standard InChI is InChI=1S/C38H63N3O6/c1-8-9-10-11-12-13-14-15-18-21-29-45-33-25-24-31(23-22-28-41-36(44)47-38(5,6)7)30-32(33)34(42)39-26-19-16-17-20-27-40-35(43)46-37(2,3)4/h24-25,30H,8-21,26-29H2,1-7H3,(H,39,42)(H,40,43)(H,41,44). The SMILES string of the molecule is CCCCCCCCCCCCOc1ccc(C#CCNC(=O)OC(C)(C)C)cc1C(=O)NCCCCCCNC(=O)OC(C)(C)C. The molecule has 266 valence electrons. The Morgan fingerprint density at radius 1 is 0.660 bits per heavy atom. The number of nitrogens with one attached hydrogen (secondary N) is 3. The van der Waals surface area contributed by atoms with Crippen LogP contribution >= 0.6 is 0 Å². The highest BCUT2D eigenvalue weighted by Crippen LogP contribution is 2.21. The summed E-state index contributed by atoms with van der Waals surface area (Å²) >= 11 is 0. The first-order chi connectivity index (χ1) is 22.3. The maximum absolute atomic E-state index is 13.2. The summed E-state index contributed by atoms with van der Waals surface area (Å²) < 4.78 is 16.6. The molecule has 0 atom stereocenters. The molecular formula is C38H63N3O6. The summed E-state index contributed by atoms with van der Waals surface area (Å²) in [7, 11) is 0. The lowest BCUT2D eigenvalue weighted by Gasteiger charge is -2.19. The number of carbonyl (C=O) groups excluding carboxylic acids is 3. The van der Waals surface area contributed by atoms with Crippen LogP contribution in [0, 0.1) is 11.8 Å². The minimum absolute atomic E-state index is 0.126. The van der Waals surface area contributed by atoms with Crippen LogP contribution in [0.5, 0.6) is 5.75 Å². The van der Waals surface area contributed by atoms with Crippen molar-refractivity contribution in [1.82, 2.24) is 16.0 Å². The van der Waals surface area contributed by atoms with E-state index in [9.17, 15) is 14.4 Å². The number of hydrogen-bond acceptors (Lipinski definition) is 6. The van der Waals surface area contributed by atoms with Gasteiger partial charge in [0.05, 0.1) is 18.7 Å². The van der Waals surface area contributed by atoms with Crippen molar-refractivity contribution < 1.29 is 28.6 Å². The number of rotatable bonds is 21. The molecule has 0 radical (unpaired) electrons. The van der Waals surface area contributed by atoms with Gasteiger partial charge in [0.2, 0.25) is 0 Å². The lowest BCUT2D eigenvalue weighted by molar-refractivity contribution is 0.0518. The van der Waals surface area contributed by atoms with Crippen molar-refractivity contribution >= 4 is 18.1 Å². The molecule has 0 bridgehead atoms. The molecular weight excluding hydrogens is 594 g/mol. The van der Waals surface area contributed by atoms with Crippen molar-refractivity contribution in [2.45, 2.75) is 150 Å². The average Bonchev–Trinajstić information content (AvgIpc) is 2.98. The van der Waals surface area contributed by atoms with Gasteiger partial charge < -0.3 is 30.2 Å². The Morgan fingerprint density at radius 3 is 1.74 bits per heavy atom. The predicted octanol–water partition coefficient (Wildman–Crippen LogP) is 8.68. The molecule has 9 nitrogen and oxygen atoms in total. The van der Waals surface area contributed by atoms with Crippen molar-refractivity contribution in [3.05, 3.63) is 29.3 Å². The highest BCUT2D eigenvalue weighted by atomic mass is 16.6. The molecule has 0 spiro atoms. The molecule has 0 saturated carbocycles. The van der Waals surface area contributed by atoms with Crippen LogP contribution in [-0.2, 0) is 9.47 Å². The lowest BCUT2D eigenvalue weighted by Crippen LogP contribution is -2.33. The Labute approximate surface area is 285 Å². The van der Waals surface area contributed by atoms with Gasteiger partial charge in [0.1, 0.15) is 17.0 Å². The fourth-order valence-corrected chi connectivity index (χ4v) is 4.66. The molecule has 0 unspecified atom stereocenters. The molecule has 0 saturated heterocycles. The van der Waals surface area contributed by atoms with Gasteiger partial charge in [-0.05, 0) is 79.0 Å². The fraction of sp³-hybridized carbons (Fsp3) is 0.711. The van der Waals surface area contributed by atoms with Crippen LogP contribution in [0.1, 0.15) is 154 Å². The molecule has 3 amide bonds. The Balaban J connectivity index is 2.60. The van der Waals surface area contributed by atoms with Gasteiger partial charge in [0, 0.05) is 18.7 Å². The second-order valence-electron chi connectivity index (χ2n) is 14.0. The number of ether oxygens (including phenoxy) is 3. The first-order valence-corrected chi connectivity index (χ1v) is 17.8. The van der Waals surface area contributed by atoms with E-state index in [1.165, 1.54) is 51.4 Å². The summed E-state index contributed by atoms with van der Waals surface area (Å²) in [5.74, 6) is 6.28. The third-order valence-corrected chi connectivity index (χ3v) is 6.99. The van der Waals surface area contributed by atoms with E-state index < -0.39 is 23.4 Å². The molecule has 3 N–H and O–H groups in total. The van der Waals surface area contributed by atoms with E-state index >= 15 is 0 Å². The van der Waals surface area contributed by atoms with Gasteiger partial charge in [-0.2, -0.15) is 0 Å². The van der Waals surface area contributed by atoms with Gasteiger partial charge in [-0.3, -0.25) is 4.79 Å². The van der Waals surface area contributed by atoms with Crippen LogP contribution in [0.4, 0.5) is 9.59 Å². The summed E-state index contributed by atoms with van der Waals surface area (Å²) in [6.07, 6.45) is 15.0. The molecule has 0 aliphatic heterocycles. The number of amides is 3. The van der Waals surface area contributed by atoms with Crippen LogP contribution in [0.3, 0.4) is 0 Å². The second kappa shape index (κ2) is 23.8. The molecule has 47 heavy (non-hydrogen) atoms. The first kappa shape index (κ1) is 41.6. The average molecular weight is 658 g/mol. The number of hydrogen-bond donors (Lipinski definition) is 3. The summed E-state index contributed by atoms with van der Waals surface area (Å²) in [5, 5.41) is 8.41. The molecule has 0 aromatic heterocycles. The van der Waals surface area contributed by atoms with Crippen LogP contribution in [0.25, 0.3) is 0 Å². The van der Waals surface area contributed by atoms with Crippen molar-refractivity contribution in [1.29, 1.82) is 0 Å². The van der Waals surface area contributed by atoms with Crippen LogP contribution in [0.2, 0.25) is 0 Å². The number of unbranched alkanes of at least 4 members (excludes halogenated alkanes) is 12. The minimum Gasteiger partial charge on any atom is -0.493 e. The highest BCUT2D eigenvalue weighted by molar-refractivity contribution is 5.97. The van der Waals surface area contributed by atoms with Crippen molar-refractivity contribution in [3.63, 3.8) is 0 Å². The molecule has 9 heteroatoms. The smallest absolute Gasteiger partial charge is 0.408 e. The molecule has 0 aliphatic rings. The Hall–Kier alpha value is -3.41. The maximum Gasteiger partial charge on any atom is 0.408 e. The highest BCUT2D eigenvalue weighted by Gasteiger charge is 2.17. The van der Waals surface area contributed by atoms with E-state index in [0.29, 0.717) is 36.6 Å². The van der Waals surface area contributed by atoms with Crippen molar-refractivity contribution in [3.8, 4) is 17.6 Å². The summed E-state index contributed by atoms with van der Waals surface area (Å²) in [5.41, 5.74) is 0.0173. The molecule has 0 fully saturated rings. The summed E-state index contributed by atoms with van der Waals surface area (Å²) in [6, 6.07) is 5.37. The van der Waals surface area contributed by atoms with Crippen LogP contribution in [-0.4, -0.2) is 55.5 Å². The zero-order valence-electron chi connectivity index (χ0n) is 30.4. The molecule has 1 aromatic rings. The van der Waals surface area contributed by atoms with Crippen LogP contribution in [0.15, 0.2) is 18.2 Å². The lowest BCUT2D eigenvalue weighted by atomic mass is 10.1. The molecule has 1 rings (SSSR count). The number of benzene rings is 1. The first-order valence-electron chi connectivity index (χ1n) is 17.8. The number of carbonyl (C=O) groups is 3. The van der Waals surface area contributed by atoms with Crippen molar-refractivity contribution in [2.75, 3.05) is 26.2 Å². The van der Waals surface area contributed by atoms with Gasteiger partial charge in [-0.25, -0.2) is 9.59 Å². The second-order valence-corrected chi connectivity index (χ2v) is 14.0. The normalized spacial score (nSPS) is 11.2. The van der Waals surface area contributed by atoms with E-state index in [0.717, 1.165) is 38.5 Å². The predicted molar refractivity (Wildman–Crippen MR) is 190 cm³/mol. The monoisotopic (exact) mass is 657 g/mol. The third kappa shape index (κ3) is 23.5. The quantitative estimate of drug-likeness (QED) is 0.0900. The van der Waals surface area contributed by atoms with Gasteiger partial charge in [-0.15, -0.1) is 0 Å². The Kier molecular flexibility index (Phi) is 21.1. The van der Waals surface area contributed by atoms with E-state index in [4.69, 9.17) is 14.2 Å². The zero-order chi connectivity index (χ0) is 35.0. The minimum atomic E-state index is -0.581. The van der Waals surface area contributed by atoms with E-state index in [-0.39, 0.29) is 12.5 Å². The zero-order valence-corrected chi connectivity index (χ0v) is 30.4. The van der Waals surface area contributed by atoms with E-state index in [1.807, 2.05) is 26.8 Å². The topological polar surface area (TPSA) is 115 Å². The van der Waals surface area contributed by atoms with Gasteiger partial charge >= 0.3 is 12.2 Å². The Morgan fingerprint density at radius 2 is 1.17 bits per heavy atom. The number of alkyl carbamates (subject to hydrolysis) is 2. The maximum atomic E-state index is 13.2. The molecule has 0 aliphatic carbocycles. The summed E-state index contributed by atoms with van der Waals surface area (Å²) in [6.45, 7) is 14.9. The van der Waals surface area contributed by atoms with Gasteiger partial charge in [0.15, 0.2) is 0 Å². The molecule has 0 heterocycles. The van der Waals surface area contributed by atoms with Crippen LogP contribution < -0.4 is 20.7 Å². The van der Waals surface area contributed by atoms with E-state index in [1.54, 1.807) is 32.9 Å². The van der Waals surface area contributed by atoms with Gasteiger partial charge in [0.25, 0.3) is 5.91 Å². The fourth-order valence-electron chi connectivity index (χ4n) is 4.66. The molecule has 1 aromatic carbocycles. The van der Waals surface area contributed by atoms with Crippen molar-refractivity contribution in [2.24, 2.45) is 0 Å². The third-order valence-electron chi connectivity index (χ3n) is 6.99.